The number of methoxy groups -OCH3 is 1. The number of hydrogen-bond donors (Lipinski definition) is 4. The van der Waals surface area contributed by atoms with Gasteiger partial charge in [0.25, 0.3) is 5.91 Å². The number of amides is 1. The molecule has 3 rings (SSSR count). The largest absolute Gasteiger partial charge is 0.495 e. The third kappa shape index (κ3) is 3.51. The van der Waals surface area contributed by atoms with Gasteiger partial charge in [-0.25, -0.2) is 4.98 Å². The Bertz CT molecular complexity index is 819. The highest BCUT2D eigenvalue weighted by molar-refractivity contribution is 9.12. The Hall–Kier alpha value is -1.85. The molecule has 26 heavy (non-hydrogen) atoms. The minimum absolute atomic E-state index is 0.123. The average molecular weight is 491 g/mol. The molecule has 0 bridgehead atoms. The molecular weight excluding hydrogens is 474 g/mol. The molecule has 0 saturated heterocycles. The van der Waals surface area contributed by atoms with E-state index >= 15 is 0 Å². The second kappa shape index (κ2) is 7.41. The number of H-pyrrole nitrogens is 1. The summed E-state index contributed by atoms with van der Waals surface area (Å²) in [6, 6.07) is 0. The number of aromatic amines is 1. The van der Waals surface area contributed by atoms with Crippen LogP contribution in [0.5, 0.6) is 0 Å². The van der Waals surface area contributed by atoms with Gasteiger partial charge in [0, 0.05) is 25.1 Å². The maximum absolute atomic E-state index is 12.3. The summed E-state index contributed by atoms with van der Waals surface area (Å²) in [4.78, 5) is 24.5. The number of imidazole rings is 1. The fourth-order valence-corrected chi connectivity index (χ4v) is 4.53. The lowest BCUT2D eigenvalue weighted by molar-refractivity contribution is -0.114. The number of anilines is 1. The Balaban J connectivity index is 1.61. The number of nitrogens with one attached hydrogen (secondary N) is 2. The maximum Gasteiger partial charge on any atom is 0.269 e. The van der Waals surface area contributed by atoms with Crippen molar-refractivity contribution in [3.05, 3.63) is 32.7 Å². The van der Waals surface area contributed by atoms with Gasteiger partial charge in [-0.05, 0) is 37.9 Å². The zero-order valence-electron chi connectivity index (χ0n) is 13.8. The Kier molecular flexibility index (Phi) is 5.39. The molecule has 1 amide bonds. The summed E-state index contributed by atoms with van der Waals surface area (Å²) in [6.07, 6.45) is 2.89. The van der Waals surface area contributed by atoms with Gasteiger partial charge in [0.2, 0.25) is 0 Å². The molecule has 0 radical (unpaired) electrons. The molecule has 0 saturated carbocycles. The molecule has 0 fully saturated rings. The summed E-state index contributed by atoms with van der Waals surface area (Å²) in [5, 5.41) is 17.2. The SMILES string of the molecule is COC1=C(Br)[C@H](O)[C@@]2(C=C1Br)CC(C(=O)NCCc1cnc(N)[nH]1)=NO2. The van der Waals surface area contributed by atoms with E-state index in [0.29, 0.717) is 33.6 Å². The summed E-state index contributed by atoms with van der Waals surface area (Å²) in [6.45, 7) is 0.381. The van der Waals surface area contributed by atoms with Crippen LogP contribution in [0.2, 0.25) is 0 Å². The Labute approximate surface area is 166 Å². The van der Waals surface area contributed by atoms with Gasteiger partial charge in [-0.3, -0.25) is 4.79 Å². The monoisotopic (exact) mass is 489 g/mol. The van der Waals surface area contributed by atoms with E-state index in [-0.39, 0.29) is 18.0 Å². The molecule has 0 unspecified atom stereocenters. The van der Waals surface area contributed by atoms with Crippen LogP contribution in [0.1, 0.15) is 12.1 Å². The van der Waals surface area contributed by atoms with E-state index in [0.717, 1.165) is 5.69 Å². The zero-order valence-corrected chi connectivity index (χ0v) is 16.9. The lowest BCUT2D eigenvalue weighted by Gasteiger charge is -2.33. The van der Waals surface area contributed by atoms with Gasteiger partial charge in [-0.1, -0.05) is 5.16 Å². The second-order valence-corrected chi connectivity index (χ2v) is 7.55. The predicted octanol–water partition coefficient (Wildman–Crippen LogP) is 1.07. The quantitative estimate of drug-likeness (QED) is 0.487. The number of allylic oxidation sites excluding steroid dienone is 1. The number of oxime groups is 1. The average Bonchev–Trinajstić information content (AvgIpc) is 3.21. The molecular formula is C15H17Br2N5O4. The van der Waals surface area contributed by atoms with Crippen molar-refractivity contribution in [3.63, 3.8) is 0 Å². The van der Waals surface area contributed by atoms with E-state index in [1.165, 1.54) is 7.11 Å². The molecule has 11 heteroatoms. The second-order valence-electron chi connectivity index (χ2n) is 5.84. The predicted molar refractivity (Wildman–Crippen MR) is 102 cm³/mol. The lowest BCUT2D eigenvalue weighted by atomic mass is 9.87. The summed E-state index contributed by atoms with van der Waals surface area (Å²) < 4.78 is 6.25. The minimum Gasteiger partial charge on any atom is -0.495 e. The number of carbonyl (C=O) groups excluding carboxylic acids is 1. The van der Waals surface area contributed by atoms with Crippen LogP contribution >= 0.6 is 31.9 Å². The number of rotatable bonds is 5. The van der Waals surface area contributed by atoms with E-state index < -0.39 is 11.7 Å². The fourth-order valence-electron chi connectivity index (χ4n) is 2.74. The number of carbonyl (C=O) groups is 1. The number of nitrogen functional groups attached to an aromatic ring is 1. The number of hydrogen-bond acceptors (Lipinski definition) is 7. The number of aliphatic hydroxyl groups is 1. The molecule has 1 aliphatic heterocycles. The summed E-state index contributed by atoms with van der Waals surface area (Å²) in [5.41, 5.74) is 5.36. The van der Waals surface area contributed by atoms with Crippen LogP contribution in [0.3, 0.4) is 0 Å². The normalized spacial score (nSPS) is 25.0. The number of ether oxygens (including phenoxy) is 1. The third-order valence-electron chi connectivity index (χ3n) is 4.07. The number of aliphatic hydroxyl groups excluding tert-OH is 1. The van der Waals surface area contributed by atoms with Gasteiger partial charge in [0.15, 0.2) is 11.5 Å². The van der Waals surface area contributed by atoms with Crippen molar-refractivity contribution < 1.29 is 19.5 Å². The maximum atomic E-state index is 12.3. The molecule has 2 heterocycles. The summed E-state index contributed by atoms with van der Waals surface area (Å²) in [7, 11) is 1.49. The van der Waals surface area contributed by atoms with Gasteiger partial charge in [0.05, 0.1) is 22.3 Å². The molecule has 9 nitrogen and oxygen atoms in total. The van der Waals surface area contributed by atoms with Crippen molar-refractivity contribution in [2.45, 2.75) is 24.5 Å². The molecule has 2 atom stereocenters. The van der Waals surface area contributed by atoms with Crippen molar-refractivity contribution >= 4 is 49.4 Å². The number of nitrogens with zero attached hydrogens (tertiary/aromatic N) is 2. The summed E-state index contributed by atoms with van der Waals surface area (Å²) >= 11 is 6.70. The van der Waals surface area contributed by atoms with Crippen LogP contribution in [0.4, 0.5) is 5.95 Å². The van der Waals surface area contributed by atoms with E-state index in [1.54, 1.807) is 12.3 Å². The van der Waals surface area contributed by atoms with Gasteiger partial charge in [-0.2, -0.15) is 0 Å². The third-order valence-corrected chi connectivity index (χ3v) is 5.45. The van der Waals surface area contributed by atoms with Crippen molar-refractivity contribution in [2.24, 2.45) is 5.16 Å². The first kappa shape index (κ1) is 18.9. The van der Waals surface area contributed by atoms with Crippen LogP contribution < -0.4 is 11.1 Å². The standard InChI is InChI=1S/C15H17Br2N5O4/c1-25-11-8(16)4-15(12(23)10(11)17)5-9(22-26-15)13(24)19-3-2-7-6-20-14(18)21-7/h4,6,12,23H,2-3,5H2,1H3,(H,19,24)(H3,18,20,21)/t12-,15+/m0/s1. The number of aromatic nitrogens is 2. The van der Waals surface area contributed by atoms with Crippen molar-refractivity contribution in [1.82, 2.24) is 15.3 Å². The highest BCUT2D eigenvalue weighted by Crippen LogP contribution is 2.43. The van der Waals surface area contributed by atoms with E-state index in [1.807, 2.05) is 0 Å². The molecule has 1 aliphatic carbocycles. The van der Waals surface area contributed by atoms with Gasteiger partial charge in [0.1, 0.15) is 17.6 Å². The van der Waals surface area contributed by atoms with Crippen LogP contribution in [-0.2, 0) is 20.8 Å². The van der Waals surface area contributed by atoms with E-state index in [4.69, 9.17) is 15.3 Å². The minimum atomic E-state index is -1.16. The first-order valence-corrected chi connectivity index (χ1v) is 9.28. The molecule has 1 spiro atoms. The van der Waals surface area contributed by atoms with Crippen LogP contribution in [-0.4, -0.2) is 52.1 Å². The summed E-state index contributed by atoms with van der Waals surface area (Å²) in [5.74, 6) is 0.437. The first-order chi connectivity index (χ1) is 12.4. The molecule has 140 valence electrons. The lowest BCUT2D eigenvalue weighted by Crippen LogP contribution is -2.45. The van der Waals surface area contributed by atoms with E-state index in [2.05, 4.69) is 52.3 Å². The molecule has 1 aromatic heterocycles. The molecule has 5 N–H and O–H groups in total. The van der Waals surface area contributed by atoms with Crippen molar-refractivity contribution in [3.8, 4) is 0 Å². The van der Waals surface area contributed by atoms with Crippen molar-refractivity contribution in [2.75, 3.05) is 19.4 Å². The molecule has 1 aromatic rings. The Morgan fingerprint density at radius 2 is 2.38 bits per heavy atom. The smallest absolute Gasteiger partial charge is 0.269 e. The van der Waals surface area contributed by atoms with Gasteiger partial charge >= 0.3 is 0 Å². The molecule has 0 aromatic carbocycles. The molecule has 2 aliphatic rings. The first-order valence-electron chi connectivity index (χ1n) is 7.69. The number of halogens is 2. The van der Waals surface area contributed by atoms with Crippen LogP contribution in [0, 0.1) is 0 Å². The van der Waals surface area contributed by atoms with Gasteiger partial charge in [-0.15, -0.1) is 0 Å². The van der Waals surface area contributed by atoms with Crippen LogP contribution in [0.25, 0.3) is 0 Å². The highest BCUT2D eigenvalue weighted by atomic mass is 79.9. The fraction of sp³-hybridized carbons (Fsp3) is 0.400. The highest BCUT2D eigenvalue weighted by Gasteiger charge is 2.50. The Morgan fingerprint density at radius 3 is 3.04 bits per heavy atom. The van der Waals surface area contributed by atoms with Crippen molar-refractivity contribution in [1.29, 1.82) is 0 Å². The van der Waals surface area contributed by atoms with Crippen LogP contribution in [0.15, 0.2) is 32.2 Å². The Morgan fingerprint density at radius 1 is 1.62 bits per heavy atom. The zero-order chi connectivity index (χ0) is 18.9. The number of nitrogens with two attached hydrogens (primary N) is 1. The van der Waals surface area contributed by atoms with Gasteiger partial charge < -0.3 is 30.7 Å². The topological polar surface area (TPSA) is 135 Å². The van der Waals surface area contributed by atoms with E-state index in [9.17, 15) is 9.90 Å².